The summed E-state index contributed by atoms with van der Waals surface area (Å²) in [6.45, 7) is 14.0. The fourth-order valence-electron chi connectivity index (χ4n) is 6.75. The van der Waals surface area contributed by atoms with Gasteiger partial charge in [-0.1, -0.05) is 156 Å². The molecule has 0 aromatic heterocycles. The van der Waals surface area contributed by atoms with Crippen molar-refractivity contribution in [3.63, 3.8) is 0 Å². The third-order valence-corrected chi connectivity index (χ3v) is 10.1. The molecule has 0 N–H and O–H groups in total. The van der Waals surface area contributed by atoms with Crippen molar-refractivity contribution in [3.8, 4) is 0 Å². The second-order valence-electron chi connectivity index (χ2n) is 15.4. The third-order valence-electron chi connectivity index (χ3n) is 10.1. The van der Waals surface area contributed by atoms with Gasteiger partial charge in [0.2, 0.25) is 0 Å². The number of carbonyl (C=O) groups excluding carboxylic acids is 2. The summed E-state index contributed by atoms with van der Waals surface area (Å²) in [7, 11) is 0. The molecular formula is C45H89NO5. The first-order valence-electron chi connectivity index (χ1n) is 22.6. The number of nitrogens with zero attached hydrogens (tertiary/aromatic N) is 1. The van der Waals surface area contributed by atoms with Gasteiger partial charge in [-0.15, -0.1) is 0 Å². The van der Waals surface area contributed by atoms with Crippen molar-refractivity contribution < 1.29 is 23.8 Å². The lowest BCUT2D eigenvalue weighted by atomic mass is 10.1. The first-order valence-corrected chi connectivity index (χ1v) is 22.6. The number of carbonyl (C=O) groups is 2. The number of hydrogen-bond acceptors (Lipinski definition) is 6. The van der Waals surface area contributed by atoms with Gasteiger partial charge in [0, 0.05) is 26.1 Å². The van der Waals surface area contributed by atoms with Crippen molar-refractivity contribution in [2.75, 3.05) is 39.5 Å². The van der Waals surface area contributed by atoms with E-state index in [1.807, 2.05) is 0 Å². The number of ether oxygens (including phenoxy) is 3. The van der Waals surface area contributed by atoms with Crippen molar-refractivity contribution in [3.05, 3.63) is 0 Å². The van der Waals surface area contributed by atoms with Crippen molar-refractivity contribution in [2.24, 2.45) is 0 Å². The topological polar surface area (TPSA) is 65.1 Å². The lowest BCUT2D eigenvalue weighted by Gasteiger charge is -2.22. The van der Waals surface area contributed by atoms with Crippen LogP contribution in [0.5, 0.6) is 0 Å². The molecule has 0 atom stereocenters. The zero-order valence-electron chi connectivity index (χ0n) is 34.9. The minimum absolute atomic E-state index is 0.0189. The molecule has 0 aromatic carbocycles. The predicted molar refractivity (Wildman–Crippen MR) is 219 cm³/mol. The van der Waals surface area contributed by atoms with Crippen LogP contribution in [-0.4, -0.2) is 62.4 Å². The molecular weight excluding hydrogens is 634 g/mol. The molecule has 0 aromatic rings. The highest BCUT2D eigenvalue weighted by Gasteiger charge is 2.11. The van der Waals surface area contributed by atoms with Gasteiger partial charge in [0.05, 0.1) is 6.61 Å². The fraction of sp³-hybridized carbons (Fsp3) is 0.956. The quantitative estimate of drug-likeness (QED) is 0.0354. The van der Waals surface area contributed by atoms with E-state index in [-0.39, 0.29) is 12.3 Å². The SMILES string of the molecule is CCCCCCCCCOC(=O)CCCCCCCN(CCCCCCC(OCCCCCCCC)OCCCCCCCC)CCCC(C)=O. The number of unbranched alkanes of at least 4 members (excludes halogenated alkanes) is 23. The second kappa shape index (κ2) is 41.8. The number of hydrogen-bond donors (Lipinski definition) is 0. The van der Waals surface area contributed by atoms with E-state index in [9.17, 15) is 9.59 Å². The van der Waals surface area contributed by atoms with E-state index in [4.69, 9.17) is 14.2 Å². The van der Waals surface area contributed by atoms with Crippen molar-refractivity contribution >= 4 is 11.8 Å². The van der Waals surface area contributed by atoms with Gasteiger partial charge < -0.3 is 23.9 Å². The van der Waals surface area contributed by atoms with Crippen LogP contribution >= 0.6 is 0 Å². The molecule has 304 valence electrons. The molecule has 0 aliphatic carbocycles. The Morgan fingerprint density at radius 3 is 1.31 bits per heavy atom. The summed E-state index contributed by atoms with van der Waals surface area (Å²) < 4.78 is 17.9. The molecule has 0 bridgehead atoms. The highest BCUT2D eigenvalue weighted by Crippen LogP contribution is 2.15. The molecule has 0 aliphatic heterocycles. The van der Waals surface area contributed by atoms with Crippen LogP contribution in [0.3, 0.4) is 0 Å². The van der Waals surface area contributed by atoms with Gasteiger partial charge >= 0.3 is 5.97 Å². The molecule has 0 saturated carbocycles. The molecule has 6 heteroatoms. The van der Waals surface area contributed by atoms with E-state index in [0.717, 1.165) is 84.2 Å². The van der Waals surface area contributed by atoms with E-state index in [2.05, 4.69) is 25.7 Å². The summed E-state index contributed by atoms with van der Waals surface area (Å²) in [4.78, 5) is 26.2. The lowest BCUT2D eigenvalue weighted by molar-refractivity contribution is -0.148. The molecule has 0 saturated heterocycles. The van der Waals surface area contributed by atoms with Crippen LogP contribution in [0.1, 0.15) is 233 Å². The smallest absolute Gasteiger partial charge is 0.305 e. The molecule has 0 rings (SSSR count). The first kappa shape index (κ1) is 50.0. The Kier molecular flexibility index (Phi) is 41.0. The highest BCUT2D eigenvalue weighted by atomic mass is 16.7. The molecule has 0 amide bonds. The van der Waals surface area contributed by atoms with Crippen LogP contribution in [0.4, 0.5) is 0 Å². The van der Waals surface area contributed by atoms with E-state index in [1.165, 1.54) is 141 Å². The molecule has 0 fully saturated rings. The Hall–Kier alpha value is -0.980. The van der Waals surface area contributed by atoms with Crippen LogP contribution in [0.15, 0.2) is 0 Å². The van der Waals surface area contributed by atoms with Gasteiger partial charge in [-0.25, -0.2) is 0 Å². The summed E-state index contributed by atoms with van der Waals surface area (Å²) in [5.41, 5.74) is 0. The van der Waals surface area contributed by atoms with Crippen molar-refractivity contribution in [2.45, 2.75) is 239 Å². The monoisotopic (exact) mass is 724 g/mol. The molecule has 0 heterocycles. The number of esters is 1. The Morgan fingerprint density at radius 1 is 0.431 bits per heavy atom. The normalized spacial score (nSPS) is 11.6. The number of ketones is 1. The van der Waals surface area contributed by atoms with Crippen LogP contribution in [0, 0.1) is 0 Å². The lowest BCUT2D eigenvalue weighted by Crippen LogP contribution is -2.27. The Bertz CT molecular complexity index is 699. The number of rotatable bonds is 43. The molecule has 51 heavy (non-hydrogen) atoms. The van der Waals surface area contributed by atoms with Crippen LogP contribution in [0.25, 0.3) is 0 Å². The number of Topliss-reactive ketones (excluding diaryl/α,β-unsaturated/α-hetero) is 1. The molecule has 0 radical (unpaired) electrons. The zero-order valence-corrected chi connectivity index (χ0v) is 34.9. The molecule has 0 unspecified atom stereocenters. The van der Waals surface area contributed by atoms with E-state index < -0.39 is 0 Å². The van der Waals surface area contributed by atoms with E-state index in [1.54, 1.807) is 6.92 Å². The molecule has 0 spiro atoms. The van der Waals surface area contributed by atoms with Gasteiger partial charge in [0.1, 0.15) is 5.78 Å². The van der Waals surface area contributed by atoms with Gasteiger partial charge in [-0.05, 0) is 84.3 Å². The summed E-state index contributed by atoms with van der Waals surface area (Å²) in [6.07, 6.45) is 37.8. The molecule has 0 aliphatic rings. The summed E-state index contributed by atoms with van der Waals surface area (Å²) in [5, 5.41) is 0. The Labute approximate surface area is 318 Å². The van der Waals surface area contributed by atoms with E-state index >= 15 is 0 Å². The zero-order chi connectivity index (χ0) is 37.3. The average Bonchev–Trinajstić information content (AvgIpc) is 3.12. The standard InChI is InChI=1S/C45H89NO5/c1-5-8-11-14-17-25-30-40-49-44(48)35-26-19-18-21-28-37-46(39-33-34-43(4)47)38-29-22-20-27-36-45(50-41-31-23-15-12-9-6-2)51-42-32-24-16-13-10-7-3/h45H,5-42H2,1-4H3. The van der Waals surface area contributed by atoms with Crippen molar-refractivity contribution in [1.29, 1.82) is 0 Å². The van der Waals surface area contributed by atoms with Gasteiger partial charge in [0.25, 0.3) is 0 Å². The maximum atomic E-state index is 12.1. The maximum Gasteiger partial charge on any atom is 0.305 e. The molecule has 6 nitrogen and oxygen atoms in total. The summed E-state index contributed by atoms with van der Waals surface area (Å²) >= 11 is 0. The highest BCUT2D eigenvalue weighted by molar-refractivity contribution is 5.75. The van der Waals surface area contributed by atoms with Gasteiger partial charge in [0.15, 0.2) is 6.29 Å². The largest absolute Gasteiger partial charge is 0.466 e. The van der Waals surface area contributed by atoms with Gasteiger partial charge in [-0.2, -0.15) is 0 Å². The van der Waals surface area contributed by atoms with Crippen molar-refractivity contribution in [1.82, 2.24) is 4.90 Å². The summed E-state index contributed by atoms with van der Waals surface area (Å²) in [6, 6.07) is 0. The maximum absolute atomic E-state index is 12.1. The van der Waals surface area contributed by atoms with Crippen LogP contribution < -0.4 is 0 Å². The fourth-order valence-corrected chi connectivity index (χ4v) is 6.75. The summed E-state index contributed by atoms with van der Waals surface area (Å²) in [5.74, 6) is 0.275. The second-order valence-corrected chi connectivity index (χ2v) is 15.4. The Morgan fingerprint density at radius 2 is 0.824 bits per heavy atom. The predicted octanol–water partition coefficient (Wildman–Crippen LogP) is 13.3. The minimum Gasteiger partial charge on any atom is -0.466 e. The van der Waals surface area contributed by atoms with E-state index in [0.29, 0.717) is 25.2 Å². The van der Waals surface area contributed by atoms with Crippen LogP contribution in [-0.2, 0) is 23.8 Å². The Balaban J connectivity index is 4.22. The minimum atomic E-state index is -0.0417. The van der Waals surface area contributed by atoms with Gasteiger partial charge in [-0.3, -0.25) is 4.79 Å². The first-order chi connectivity index (χ1) is 25.0. The average molecular weight is 724 g/mol. The van der Waals surface area contributed by atoms with Crippen LogP contribution in [0.2, 0.25) is 0 Å². The third kappa shape index (κ3) is 40.0.